The predicted molar refractivity (Wildman–Crippen MR) is 212 cm³/mol. The highest BCUT2D eigenvalue weighted by Gasteiger charge is 2.21. The summed E-state index contributed by atoms with van der Waals surface area (Å²) in [5.74, 6) is 1.72. The number of nitriles is 1. The summed E-state index contributed by atoms with van der Waals surface area (Å²) >= 11 is 0. The average Bonchev–Trinajstić information content (AvgIpc) is 4.00. The number of rotatable bonds is 3. The molecule has 0 N–H and O–H groups in total. The zero-order valence-electron chi connectivity index (χ0n) is 28.1. The highest BCUT2D eigenvalue weighted by molar-refractivity contribution is 6.10. The first-order valence-corrected chi connectivity index (χ1v) is 17.6. The smallest absolute Gasteiger partial charge is 0.220 e. The fraction of sp³-hybridized carbons (Fsp3) is 0. The molecule has 246 valence electrons. The van der Waals surface area contributed by atoms with Gasteiger partial charge in [0.2, 0.25) is 11.6 Å². The zero-order valence-corrected chi connectivity index (χ0v) is 28.1. The predicted octanol–water partition coefficient (Wildman–Crippen LogP) is 10.1. The van der Waals surface area contributed by atoms with Gasteiger partial charge in [-0.05, 0) is 97.1 Å². The molecule has 0 saturated heterocycles. The molecule has 5 aromatic heterocycles. The van der Waals surface area contributed by atoms with Gasteiger partial charge in [-0.2, -0.15) is 5.26 Å². The van der Waals surface area contributed by atoms with E-state index in [1.807, 2.05) is 24.3 Å². The molecule has 8 nitrogen and oxygen atoms in total. The zero-order chi connectivity index (χ0) is 34.8. The van der Waals surface area contributed by atoms with E-state index in [2.05, 4.69) is 162 Å². The van der Waals surface area contributed by atoms with Crippen LogP contribution in [0.15, 0.2) is 158 Å². The van der Waals surface area contributed by atoms with Crippen molar-refractivity contribution in [3.05, 3.63) is 163 Å². The lowest BCUT2D eigenvalue weighted by Gasteiger charge is -2.12. The number of fused-ring (bicyclic) bond motifs is 13. The number of hydrogen-bond acceptors (Lipinski definition) is 3. The maximum Gasteiger partial charge on any atom is 0.220 e. The van der Waals surface area contributed by atoms with Crippen LogP contribution >= 0.6 is 0 Å². The number of aromatic nitrogens is 7. The quantitative estimate of drug-likeness (QED) is 0.187. The summed E-state index contributed by atoms with van der Waals surface area (Å²) < 4.78 is 11.3. The van der Waals surface area contributed by atoms with E-state index in [1.165, 1.54) is 0 Å². The van der Waals surface area contributed by atoms with Gasteiger partial charge in [0, 0.05) is 16.5 Å². The summed E-state index contributed by atoms with van der Waals surface area (Å²) in [5, 5.41) is 12.0. The Morgan fingerprint density at radius 3 is 1.51 bits per heavy atom. The second kappa shape index (κ2) is 10.2. The summed E-state index contributed by atoms with van der Waals surface area (Å²) in [5.41, 5.74) is 14.1. The van der Waals surface area contributed by atoms with Crippen molar-refractivity contribution in [2.45, 2.75) is 0 Å². The van der Waals surface area contributed by atoms with E-state index in [9.17, 15) is 5.26 Å². The Morgan fingerprint density at radius 1 is 0.377 bits per heavy atom. The molecule has 0 spiro atoms. The third-order valence-corrected chi connectivity index (χ3v) is 10.7. The highest BCUT2D eigenvalue weighted by atomic mass is 15.2. The molecular formula is C45H26N8. The second-order valence-corrected chi connectivity index (χ2v) is 13.5. The van der Waals surface area contributed by atoms with Crippen LogP contribution in [0.3, 0.4) is 0 Å². The van der Waals surface area contributed by atoms with Crippen LogP contribution in [0.25, 0.3) is 94.6 Å². The Morgan fingerprint density at radius 2 is 0.906 bits per heavy atom. The van der Waals surface area contributed by atoms with Crippen molar-refractivity contribution >= 4 is 77.5 Å². The summed E-state index contributed by atoms with van der Waals surface area (Å²) in [7, 11) is 0. The Kier molecular flexibility index (Phi) is 5.42. The molecule has 0 amide bonds. The molecule has 12 aromatic rings. The van der Waals surface area contributed by atoms with Crippen molar-refractivity contribution in [2.24, 2.45) is 0 Å². The SMILES string of the molecule is N#Cc1ccc2c(c1)c1ccc(-n3c4ccccc4n4c5ccccc5nc34)cc1n2-c1cccc(-n2c3ccccc3n3c4ccccc4nc23)c1. The number of nitrogens with zero attached hydrogens (tertiary/aromatic N) is 8. The van der Waals surface area contributed by atoms with E-state index in [0.717, 1.165) is 94.6 Å². The molecule has 53 heavy (non-hydrogen) atoms. The Hall–Kier alpha value is -7.63. The topological polar surface area (TPSA) is 73.2 Å². The molecule has 8 heteroatoms. The molecule has 0 radical (unpaired) electrons. The average molecular weight is 679 g/mol. The maximum absolute atomic E-state index is 9.91. The van der Waals surface area contributed by atoms with Gasteiger partial charge >= 0.3 is 0 Å². The fourth-order valence-electron chi connectivity index (χ4n) is 8.48. The molecule has 0 saturated carbocycles. The van der Waals surface area contributed by atoms with Crippen LogP contribution in [0.4, 0.5) is 0 Å². The molecule has 0 aliphatic heterocycles. The van der Waals surface area contributed by atoms with Crippen LogP contribution in [0.1, 0.15) is 5.56 Å². The molecule has 5 heterocycles. The van der Waals surface area contributed by atoms with Crippen molar-refractivity contribution in [3.63, 3.8) is 0 Å². The molecule has 12 rings (SSSR count). The van der Waals surface area contributed by atoms with Crippen molar-refractivity contribution in [3.8, 4) is 23.1 Å². The Balaban J connectivity index is 1.14. The lowest BCUT2D eigenvalue weighted by Crippen LogP contribution is -2.00. The molecule has 7 aromatic carbocycles. The van der Waals surface area contributed by atoms with E-state index in [4.69, 9.17) is 9.97 Å². The monoisotopic (exact) mass is 678 g/mol. The van der Waals surface area contributed by atoms with Crippen LogP contribution in [0.5, 0.6) is 0 Å². The number of hydrogen-bond donors (Lipinski definition) is 0. The summed E-state index contributed by atoms with van der Waals surface area (Å²) in [4.78, 5) is 10.3. The standard InChI is InChI=1S/C45H26N8/c46-27-28-20-23-36-33(24-28)32-22-21-31(51-40-17-6-8-19-42(40)53-38-15-4-2-13-35(38)48-45(51)53)26-43(32)49(36)29-10-9-11-30(25-29)50-39-16-5-7-18-41(39)52-37-14-3-1-12-34(37)47-44(50)52/h1-26H. The van der Waals surface area contributed by atoms with Gasteiger partial charge in [0.05, 0.1) is 78.2 Å². The minimum atomic E-state index is 0.629. The van der Waals surface area contributed by atoms with E-state index in [-0.39, 0.29) is 0 Å². The first-order valence-electron chi connectivity index (χ1n) is 17.6. The van der Waals surface area contributed by atoms with E-state index >= 15 is 0 Å². The van der Waals surface area contributed by atoms with Crippen molar-refractivity contribution < 1.29 is 0 Å². The van der Waals surface area contributed by atoms with Gasteiger partial charge in [-0.3, -0.25) is 17.9 Å². The number of para-hydroxylation sites is 8. The summed E-state index contributed by atoms with van der Waals surface area (Å²) in [6.07, 6.45) is 0. The van der Waals surface area contributed by atoms with Gasteiger partial charge in [0.25, 0.3) is 0 Å². The number of benzene rings is 7. The van der Waals surface area contributed by atoms with Crippen LogP contribution in [-0.4, -0.2) is 32.5 Å². The lowest BCUT2D eigenvalue weighted by atomic mass is 10.1. The minimum absolute atomic E-state index is 0.629. The number of imidazole rings is 4. The molecule has 0 fully saturated rings. The van der Waals surface area contributed by atoms with Gasteiger partial charge in [-0.25, -0.2) is 9.97 Å². The molecule has 0 unspecified atom stereocenters. The Labute approximate surface area is 300 Å². The highest BCUT2D eigenvalue weighted by Crippen LogP contribution is 2.37. The second-order valence-electron chi connectivity index (χ2n) is 13.5. The van der Waals surface area contributed by atoms with Crippen LogP contribution in [0.2, 0.25) is 0 Å². The largest absolute Gasteiger partial charge is 0.309 e. The van der Waals surface area contributed by atoms with Crippen molar-refractivity contribution in [2.75, 3.05) is 0 Å². The third-order valence-electron chi connectivity index (χ3n) is 10.7. The van der Waals surface area contributed by atoms with Gasteiger partial charge in [0.1, 0.15) is 0 Å². The molecule has 0 atom stereocenters. The van der Waals surface area contributed by atoms with E-state index < -0.39 is 0 Å². The molecule has 0 aliphatic rings. The summed E-state index contributed by atoms with van der Waals surface area (Å²) in [6.45, 7) is 0. The van der Waals surface area contributed by atoms with Gasteiger partial charge < -0.3 is 4.57 Å². The van der Waals surface area contributed by atoms with Crippen LogP contribution in [0, 0.1) is 11.3 Å². The van der Waals surface area contributed by atoms with Gasteiger partial charge in [-0.15, -0.1) is 0 Å². The van der Waals surface area contributed by atoms with Crippen LogP contribution in [-0.2, 0) is 0 Å². The van der Waals surface area contributed by atoms with Crippen molar-refractivity contribution in [1.82, 2.24) is 32.5 Å². The third kappa shape index (κ3) is 3.72. The van der Waals surface area contributed by atoms with E-state index in [1.54, 1.807) is 0 Å². The molecular weight excluding hydrogens is 653 g/mol. The Bertz CT molecular complexity index is 3540. The summed E-state index contributed by atoms with van der Waals surface area (Å²) in [6, 6.07) is 57.1. The first kappa shape index (κ1) is 28.1. The molecule has 0 aliphatic carbocycles. The first-order chi connectivity index (χ1) is 26.2. The van der Waals surface area contributed by atoms with Crippen LogP contribution < -0.4 is 0 Å². The van der Waals surface area contributed by atoms with Gasteiger partial charge in [0.15, 0.2) is 0 Å². The minimum Gasteiger partial charge on any atom is -0.309 e. The molecule has 0 bridgehead atoms. The fourth-order valence-corrected chi connectivity index (χ4v) is 8.48. The van der Waals surface area contributed by atoms with Gasteiger partial charge in [-0.1, -0.05) is 60.7 Å². The maximum atomic E-state index is 9.91. The normalized spacial score (nSPS) is 12.1. The van der Waals surface area contributed by atoms with Crippen molar-refractivity contribution in [1.29, 1.82) is 5.26 Å². The lowest BCUT2D eigenvalue weighted by molar-refractivity contribution is 1.09. The van der Waals surface area contributed by atoms with E-state index in [0.29, 0.717) is 5.56 Å².